The molecule has 0 bridgehead atoms. The smallest absolute Gasteiger partial charge is 0.244 e. The first-order valence-electron chi connectivity index (χ1n) is 6.57. The van der Waals surface area contributed by atoms with Crippen molar-refractivity contribution in [3.05, 3.63) is 66.0 Å². The number of nitrogens with zero attached hydrogens (tertiary/aromatic N) is 1. The molecule has 0 spiro atoms. The van der Waals surface area contributed by atoms with Gasteiger partial charge in [0.25, 0.3) is 0 Å². The summed E-state index contributed by atoms with van der Waals surface area (Å²) in [5.74, 6) is -0.208. The lowest BCUT2D eigenvalue weighted by molar-refractivity contribution is -0.126. The van der Waals surface area contributed by atoms with Gasteiger partial charge in [0.1, 0.15) is 5.54 Å². The van der Waals surface area contributed by atoms with Crippen molar-refractivity contribution >= 4 is 30.7 Å². The Hall–Kier alpha value is -1.62. The fraction of sp³-hybridized carbons (Fsp3) is 0.250. The Bertz CT molecular complexity index is 576. The van der Waals surface area contributed by atoms with Crippen LogP contribution in [0.15, 0.2) is 54.9 Å². The molecule has 1 heterocycles. The molecule has 1 amide bonds. The van der Waals surface area contributed by atoms with Crippen molar-refractivity contribution in [1.82, 2.24) is 10.3 Å². The number of amides is 1. The lowest BCUT2D eigenvalue weighted by Crippen LogP contribution is -2.49. The molecular formula is C16H21Cl2N3O. The van der Waals surface area contributed by atoms with E-state index in [1.165, 1.54) is 0 Å². The molecule has 1 aromatic heterocycles. The number of nitrogens with two attached hydrogens (primary N) is 1. The van der Waals surface area contributed by atoms with Crippen LogP contribution in [0.4, 0.5) is 0 Å². The number of aromatic nitrogens is 1. The monoisotopic (exact) mass is 341 g/mol. The van der Waals surface area contributed by atoms with Crippen LogP contribution in [0.1, 0.15) is 31.0 Å². The first-order chi connectivity index (χ1) is 9.51. The summed E-state index contributed by atoms with van der Waals surface area (Å²) >= 11 is 0. The standard InChI is InChI=1S/C16H19N3O.2ClH/c1-12(13-7-6-10-18-11-13)19-15(20)16(2,17)14-8-4-3-5-9-14;;/h3-12H,17H2,1-2H3,(H,19,20);2*1H/t12-,16?;;/m0../s1. The Balaban J connectivity index is 0.00000220. The molecule has 2 aromatic rings. The van der Waals surface area contributed by atoms with Crippen molar-refractivity contribution in [3.8, 4) is 0 Å². The van der Waals surface area contributed by atoms with E-state index in [1.54, 1.807) is 19.3 Å². The predicted octanol–water partition coefficient (Wildman–Crippen LogP) is 2.98. The van der Waals surface area contributed by atoms with Crippen LogP contribution in [-0.4, -0.2) is 10.9 Å². The Morgan fingerprint density at radius 2 is 1.82 bits per heavy atom. The van der Waals surface area contributed by atoms with Gasteiger partial charge in [-0.1, -0.05) is 36.4 Å². The molecule has 4 nitrogen and oxygen atoms in total. The molecule has 1 unspecified atom stereocenters. The number of hydrogen-bond acceptors (Lipinski definition) is 3. The molecule has 0 radical (unpaired) electrons. The maximum Gasteiger partial charge on any atom is 0.244 e. The number of carbonyl (C=O) groups excluding carboxylic acids is 1. The number of pyridine rings is 1. The summed E-state index contributed by atoms with van der Waals surface area (Å²) in [5, 5.41) is 2.93. The van der Waals surface area contributed by atoms with Gasteiger partial charge >= 0.3 is 0 Å². The van der Waals surface area contributed by atoms with Crippen LogP contribution in [0.25, 0.3) is 0 Å². The highest BCUT2D eigenvalue weighted by Crippen LogP contribution is 2.19. The largest absolute Gasteiger partial charge is 0.348 e. The quantitative estimate of drug-likeness (QED) is 0.898. The summed E-state index contributed by atoms with van der Waals surface area (Å²) in [7, 11) is 0. The fourth-order valence-corrected chi connectivity index (χ4v) is 1.98. The van der Waals surface area contributed by atoms with Crippen LogP contribution >= 0.6 is 24.8 Å². The topological polar surface area (TPSA) is 68.0 Å². The fourth-order valence-electron chi connectivity index (χ4n) is 1.98. The van der Waals surface area contributed by atoms with E-state index in [9.17, 15) is 4.79 Å². The maximum absolute atomic E-state index is 12.4. The first kappa shape index (κ1) is 20.4. The summed E-state index contributed by atoms with van der Waals surface area (Å²) in [4.78, 5) is 16.4. The number of rotatable bonds is 4. The lowest BCUT2D eigenvalue weighted by atomic mass is 9.92. The second kappa shape index (κ2) is 8.73. The highest BCUT2D eigenvalue weighted by atomic mass is 35.5. The Morgan fingerprint density at radius 1 is 1.18 bits per heavy atom. The Kier molecular flexibility index (Phi) is 8.09. The summed E-state index contributed by atoms with van der Waals surface area (Å²) < 4.78 is 0. The second-order valence-electron chi connectivity index (χ2n) is 5.05. The summed E-state index contributed by atoms with van der Waals surface area (Å²) in [5.41, 5.74) is 6.86. The van der Waals surface area contributed by atoms with E-state index < -0.39 is 5.54 Å². The normalized spacial score (nSPS) is 13.8. The zero-order valence-electron chi connectivity index (χ0n) is 12.5. The lowest BCUT2D eigenvalue weighted by Gasteiger charge is -2.26. The molecule has 2 atom stereocenters. The van der Waals surface area contributed by atoms with E-state index in [4.69, 9.17) is 5.73 Å². The zero-order chi connectivity index (χ0) is 14.6. The van der Waals surface area contributed by atoms with Gasteiger partial charge in [0.2, 0.25) is 5.91 Å². The average Bonchev–Trinajstić information content (AvgIpc) is 2.49. The molecule has 0 saturated heterocycles. The molecule has 0 aliphatic rings. The van der Waals surface area contributed by atoms with E-state index in [0.29, 0.717) is 0 Å². The van der Waals surface area contributed by atoms with Crippen molar-refractivity contribution in [1.29, 1.82) is 0 Å². The van der Waals surface area contributed by atoms with Crippen molar-refractivity contribution in [2.75, 3.05) is 0 Å². The van der Waals surface area contributed by atoms with Crippen molar-refractivity contribution in [2.24, 2.45) is 5.73 Å². The van der Waals surface area contributed by atoms with E-state index in [0.717, 1.165) is 11.1 Å². The van der Waals surface area contributed by atoms with Gasteiger partial charge in [-0.15, -0.1) is 24.8 Å². The summed E-state index contributed by atoms with van der Waals surface area (Å²) in [6.07, 6.45) is 3.44. The molecule has 120 valence electrons. The summed E-state index contributed by atoms with van der Waals surface area (Å²) in [6.45, 7) is 3.63. The third-order valence-corrected chi connectivity index (χ3v) is 3.38. The highest BCUT2D eigenvalue weighted by Gasteiger charge is 2.31. The second-order valence-corrected chi connectivity index (χ2v) is 5.05. The molecule has 1 aromatic carbocycles. The van der Waals surface area contributed by atoms with Gasteiger partial charge in [-0.3, -0.25) is 9.78 Å². The van der Waals surface area contributed by atoms with Gasteiger partial charge < -0.3 is 11.1 Å². The van der Waals surface area contributed by atoms with E-state index >= 15 is 0 Å². The van der Waals surface area contributed by atoms with Crippen molar-refractivity contribution in [3.63, 3.8) is 0 Å². The molecular weight excluding hydrogens is 321 g/mol. The summed E-state index contributed by atoms with van der Waals surface area (Å²) in [6, 6.07) is 13.0. The number of benzene rings is 1. The van der Waals surface area contributed by atoms with Gasteiger partial charge in [-0.25, -0.2) is 0 Å². The first-order valence-corrected chi connectivity index (χ1v) is 6.57. The number of halogens is 2. The number of hydrogen-bond donors (Lipinski definition) is 2. The van der Waals surface area contributed by atoms with Crippen LogP contribution < -0.4 is 11.1 Å². The minimum Gasteiger partial charge on any atom is -0.348 e. The van der Waals surface area contributed by atoms with Crippen molar-refractivity contribution < 1.29 is 4.79 Å². The molecule has 0 fully saturated rings. The third kappa shape index (κ3) is 4.70. The van der Waals surface area contributed by atoms with E-state index in [1.807, 2.05) is 49.4 Å². The zero-order valence-corrected chi connectivity index (χ0v) is 14.2. The van der Waals surface area contributed by atoms with Crippen LogP contribution in [0.5, 0.6) is 0 Å². The molecule has 0 aliphatic heterocycles. The SMILES string of the molecule is C[C@H](NC(=O)C(C)(N)c1ccccc1)c1cccnc1.Cl.Cl. The highest BCUT2D eigenvalue weighted by molar-refractivity contribution is 5.87. The predicted molar refractivity (Wildman–Crippen MR) is 93.3 cm³/mol. The third-order valence-electron chi connectivity index (χ3n) is 3.38. The van der Waals surface area contributed by atoms with E-state index in [2.05, 4.69) is 10.3 Å². The molecule has 6 heteroatoms. The Morgan fingerprint density at radius 3 is 2.36 bits per heavy atom. The van der Waals surface area contributed by atoms with Crippen molar-refractivity contribution in [2.45, 2.75) is 25.4 Å². The van der Waals surface area contributed by atoms with Crippen LogP contribution in [0.3, 0.4) is 0 Å². The number of carbonyl (C=O) groups is 1. The van der Waals surface area contributed by atoms with Gasteiger partial charge in [-0.2, -0.15) is 0 Å². The average molecular weight is 342 g/mol. The van der Waals surface area contributed by atoms with Crippen LogP contribution in [-0.2, 0) is 10.3 Å². The van der Waals surface area contributed by atoms with Gasteiger partial charge in [-0.05, 0) is 31.0 Å². The molecule has 0 aliphatic carbocycles. The van der Waals surface area contributed by atoms with E-state index in [-0.39, 0.29) is 36.8 Å². The molecule has 0 saturated carbocycles. The molecule has 2 rings (SSSR count). The van der Waals surface area contributed by atoms with Gasteiger partial charge in [0, 0.05) is 12.4 Å². The maximum atomic E-state index is 12.4. The van der Waals surface area contributed by atoms with Crippen LogP contribution in [0, 0.1) is 0 Å². The minimum absolute atomic E-state index is 0. The van der Waals surface area contributed by atoms with Crippen LogP contribution in [0.2, 0.25) is 0 Å². The molecule has 22 heavy (non-hydrogen) atoms. The minimum atomic E-state index is -1.06. The molecule has 3 N–H and O–H groups in total. The van der Waals surface area contributed by atoms with Gasteiger partial charge in [0.15, 0.2) is 0 Å². The van der Waals surface area contributed by atoms with Gasteiger partial charge in [0.05, 0.1) is 6.04 Å². The Labute approximate surface area is 143 Å². The number of nitrogens with one attached hydrogen (secondary N) is 1.